The van der Waals surface area contributed by atoms with Gasteiger partial charge in [-0.15, -0.1) is 0 Å². The number of aryl methyl sites for hydroxylation is 1. The third kappa shape index (κ3) is 3.33. The molecular formula is C16H26N4O2. The molecule has 6 nitrogen and oxygen atoms in total. The number of rotatable bonds is 4. The summed E-state index contributed by atoms with van der Waals surface area (Å²) in [5, 5.41) is 4.26. The molecule has 2 fully saturated rings. The Balaban J connectivity index is 1.60. The molecule has 2 aliphatic rings. The van der Waals surface area contributed by atoms with Gasteiger partial charge in [0.25, 0.3) is 0 Å². The van der Waals surface area contributed by atoms with E-state index in [2.05, 4.69) is 23.1 Å². The minimum Gasteiger partial charge on any atom is -0.375 e. The topological polar surface area (TPSA) is 50.6 Å². The Morgan fingerprint density at radius 3 is 3.05 bits per heavy atom. The molecule has 0 saturated carbocycles. The molecular weight excluding hydrogens is 280 g/mol. The van der Waals surface area contributed by atoms with E-state index in [4.69, 9.17) is 4.74 Å². The van der Waals surface area contributed by atoms with Gasteiger partial charge in [-0.3, -0.25) is 14.4 Å². The van der Waals surface area contributed by atoms with E-state index in [-0.39, 0.29) is 12.0 Å². The number of likely N-dealkylation sites (tertiary alicyclic amines) is 1. The Hall–Kier alpha value is -1.40. The lowest BCUT2D eigenvalue weighted by molar-refractivity contribution is -0.140. The molecule has 2 saturated heterocycles. The number of morpholine rings is 1. The highest BCUT2D eigenvalue weighted by molar-refractivity contribution is 5.78. The van der Waals surface area contributed by atoms with Crippen LogP contribution in [0.3, 0.4) is 0 Å². The van der Waals surface area contributed by atoms with E-state index in [1.165, 1.54) is 5.56 Å². The molecule has 0 bridgehead atoms. The summed E-state index contributed by atoms with van der Waals surface area (Å²) in [5.41, 5.74) is 1.22. The van der Waals surface area contributed by atoms with Gasteiger partial charge in [0.2, 0.25) is 5.91 Å². The van der Waals surface area contributed by atoms with Crippen molar-refractivity contribution in [1.82, 2.24) is 19.6 Å². The number of aromatic nitrogens is 2. The Morgan fingerprint density at radius 2 is 2.32 bits per heavy atom. The van der Waals surface area contributed by atoms with Crippen LogP contribution in [-0.2, 0) is 16.6 Å². The van der Waals surface area contributed by atoms with Crippen molar-refractivity contribution in [1.29, 1.82) is 0 Å². The standard InChI is InChI=1S/C16H26N4O2/c1-3-14-11-20(7-8-22-14)16(21)12-19-6-4-5-15(19)13-9-17-18(2)10-13/h9-10,14-15H,3-8,11-12H2,1-2H3/t14-,15+/m1/s1. The normalized spacial score (nSPS) is 26.5. The lowest BCUT2D eigenvalue weighted by Crippen LogP contribution is -2.48. The first kappa shape index (κ1) is 15.5. The molecule has 2 atom stereocenters. The van der Waals surface area contributed by atoms with E-state index < -0.39 is 0 Å². The number of hydrogen-bond donors (Lipinski definition) is 0. The largest absolute Gasteiger partial charge is 0.375 e. The molecule has 122 valence electrons. The molecule has 1 amide bonds. The van der Waals surface area contributed by atoms with Crippen LogP contribution < -0.4 is 0 Å². The first-order valence-corrected chi connectivity index (χ1v) is 8.29. The van der Waals surface area contributed by atoms with Crippen molar-refractivity contribution in [3.05, 3.63) is 18.0 Å². The fourth-order valence-electron chi connectivity index (χ4n) is 3.47. The molecule has 0 spiro atoms. The van der Waals surface area contributed by atoms with Crippen LogP contribution >= 0.6 is 0 Å². The van der Waals surface area contributed by atoms with Gasteiger partial charge >= 0.3 is 0 Å². The van der Waals surface area contributed by atoms with Crippen LogP contribution in [0.2, 0.25) is 0 Å². The summed E-state index contributed by atoms with van der Waals surface area (Å²) < 4.78 is 7.49. The van der Waals surface area contributed by atoms with Crippen molar-refractivity contribution in [2.45, 2.75) is 38.3 Å². The molecule has 0 unspecified atom stereocenters. The van der Waals surface area contributed by atoms with Crippen LogP contribution in [0.5, 0.6) is 0 Å². The molecule has 0 aliphatic carbocycles. The molecule has 2 aliphatic heterocycles. The van der Waals surface area contributed by atoms with Gasteiger partial charge in [0, 0.05) is 37.9 Å². The molecule has 1 aromatic rings. The van der Waals surface area contributed by atoms with Gasteiger partial charge in [0.15, 0.2) is 0 Å². The maximum Gasteiger partial charge on any atom is 0.236 e. The smallest absolute Gasteiger partial charge is 0.236 e. The van der Waals surface area contributed by atoms with E-state index in [1.807, 2.05) is 22.8 Å². The zero-order valence-electron chi connectivity index (χ0n) is 13.6. The second-order valence-corrected chi connectivity index (χ2v) is 6.32. The molecule has 3 rings (SSSR count). The summed E-state index contributed by atoms with van der Waals surface area (Å²) in [7, 11) is 1.94. The highest BCUT2D eigenvalue weighted by atomic mass is 16.5. The first-order valence-electron chi connectivity index (χ1n) is 8.29. The van der Waals surface area contributed by atoms with Crippen LogP contribution in [0.15, 0.2) is 12.4 Å². The number of carbonyl (C=O) groups excluding carboxylic acids is 1. The van der Waals surface area contributed by atoms with Crippen LogP contribution in [0, 0.1) is 0 Å². The van der Waals surface area contributed by atoms with E-state index >= 15 is 0 Å². The van der Waals surface area contributed by atoms with Gasteiger partial charge in [-0.05, 0) is 25.8 Å². The fourth-order valence-corrected chi connectivity index (χ4v) is 3.47. The van der Waals surface area contributed by atoms with Gasteiger partial charge < -0.3 is 9.64 Å². The molecule has 1 aromatic heterocycles. The SMILES string of the molecule is CC[C@@H]1CN(C(=O)CN2CCC[C@H]2c2cnn(C)c2)CCO1. The Bertz CT molecular complexity index is 516. The minimum absolute atomic E-state index is 0.199. The van der Waals surface area contributed by atoms with Crippen LogP contribution in [-0.4, -0.2) is 64.4 Å². The summed E-state index contributed by atoms with van der Waals surface area (Å²) in [5.74, 6) is 0.234. The molecule has 0 radical (unpaired) electrons. The number of nitrogens with zero attached hydrogens (tertiary/aromatic N) is 4. The predicted molar refractivity (Wildman–Crippen MR) is 83.4 cm³/mol. The lowest BCUT2D eigenvalue weighted by atomic mass is 10.1. The average molecular weight is 306 g/mol. The van der Waals surface area contributed by atoms with E-state index in [1.54, 1.807) is 0 Å². The van der Waals surface area contributed by atoms with Gasteiger partial charge in [-0.25, -0.2) is 0 Å². The summed E-state index contributed by atoms with van der Waals surface area (Å²) >= 11 is 0. The Kier molecular flexibility index (Phi) is 4.78. The van der Waals surface area contributed by atoms with Gasteiger partial charge in [-0.2, -0.15) is 5.10 Å². The van der Waals surface area contributed by atoms with Crippen molar-refractivity contribution in [3.8, 4) is 0 Å². The maximum atomic E-state index is 12.6. The molecule has 22 heavy (non-hydrogen) atoms. The molecule has 0 aromatic carbocycles. The lowest BCUT2D eigenvalue weighted by Gasteiger charge is -2.34. The fraction of sp³-hybridized carbons (Fsp3) is 0.750. The van der Waals surface area contributed by atoms with Crippen molar-refractivity contribution in [3.63, 3.8) is 0 Å². The van der Waals surface area contributed by atoms with Gasteiger partial charge in [-0.1, -0.05) is 6.92 Å². The van der Waals surface area contributed by atoms with Crippen molar-refractivity contribution in [2.24, 2.45) is 7.05 Å². The Labute approximate surface area is 132 Å². The second kappa shape index (κ2) is 6.79. The number of ether oxygens (including phenoxy) is 1. The van der Waals surface area contributed by atoms with E-state index in [9.17, 15) is 4.79 Å². The summed E-state index contributed by atoms with van der Waals surface area (Å²) in [6, 6.07) is 0.334. The summed E-state index contributed by atoms with van der Waals surface area (Å²) in [6.07, 6.45) is 7.41. The zero-order chi connectivity index (χ0) is 15.5. The van der Waals surface area contributed by atoms with Crippen LogP contribution in [0.25, 0.3) is 0 Å². The van der Waals surface area contributed by atoms with Crippen molar-refractivity contribution < 1.29 is 9.53 Å². The second-order valence-electron chi connectivity index (χ2n) is 6.32. The third-order valence-corrected chi connectivity index (χ3v) is 4.76. The quantitative estimate of drug-likeness (QED) is 0.838. The van der Waals surface area contributed by atoms with Crippen LogP contribution in [0.1, 0.15) is 37.8 Å². The predicted octanol–water partition coefficient (Wildman–Crippen LogP) is 1.19. The van der Waals surface area contributed by atoms with E-state index in [0.717, 1.165) is 38.9 Å². The molecule has 0 N–H and O–H groups in total. The average Bonchev–Trinajstić information content (AvgIpc) is 3.16. The number of hydrogen-bond acceptors (Lipinski definition) is 4. The zero-order valence-corrected chi connectivity index (χ0v) is 13.6. The third-order valence-electron chi connectivity index (χ3n) is 4.76. The van der Waals surface area contributed by atoms with E-state index in [0.29, 0.717) is 19.2 Å². The highest BCUT2D eigenvalue weighted by Gasteiger charge is 2.31. The number of carbonyl (C=O) groups is 1. The number of amides is 1. The van der Waals surface area contributed by atoms with Gasteiger partial charge in [0.05, 0.1) is 25.5 Å². The first-order chi connectivity index (χ1) is 10.7. The van der Waals surface area contributed by atoms with Crippen LogP contribution in [0.4, 0.5) is 0 Å². The maximum absolute atomic E-state index is 12.6. The molecule has 3 heterocycles. The Morgan fingerprint density at radius 1 is 1.45 bits per heavy atom. The van der Waals surface area contributed by atoms with Crippen molar-refractivity contribution in [2.75, 3.05) is 32.8 Å². The summed E-state index contributed by atoms with van der Waals surface area (Å²) in [4.78, 5) is 16.9. The summed E-state index contributed by atoms with van der Waals surface area (Å²) in [6.45, 7) is 5.73. The molecule has 6 heteroatoms. The minimum atomic E-state index is 0.199. The monoisotopic (exact) mass is 306 g/mol. The highest BCUT2D eigenvalue weighted by Crippen LogP contribution is 2.31. The van der Waals surface area contributed by atoms with Crippen molar-refractivity contribution >= 4 is 5.91 Å². The van der Waals surface area contributed by atoms with Gasteiger partial charge in [0.1, 0.15) is 0 Å².